The topological polar surface area (TPSA) is 88.2 Å². The van der Waals surface area contributed by atoms with E-state index >= 15 is 0 Å². The summed E-state index contributed by atoms with van der Waals surface area (Å²) in [4.78, 5) is 14.4. The van der Waals surface area contributed by atoms with E-state index in [4.69, 9.17) is 10.8 Å². The van der Waals surface area contributed by atoms with Crippen molar-refractivity contribution in [1.82, 2.24) is 4.98 Å². The quantitative estimate of drug-likeness (QED) is 0.593. The van der Waals surface area contributed by atoms with Crippen LogP contribution in [0.4, 0.5) is 5.69 Å². The van der Waals surface area contributed by atoms with E-state index in [2.05, 4.69) is 10.3 Å². The Bertz CT molecular complexity index is 311. The van der Waals surface area contributed by atoms with E-state index in [1.807, 2.05) is 6.07 Å². The molecule has 1 aromatic heterocycles. The highest BCUT2D eigenvalue weighted by atomic mass is 16.4. The summed E-state index contributed by atoms with van der Waals surface area (Å²) in [5.41, 5.74) is 6.80. The van der Waals surface area contributed by atoms with Gasteiger partial charge < -0.3 is 16.2 Å². The summed E-state index contributed by atoms with van der Waals surface area (Å²) in [6.45, 7) is 1.45. The van der Waals surface area contributed by atoms with Crippen LogP contribution in [0.15, 0.2) is 18.3 Å². The molecule has 0 bridgehead atoms. The first kappa shape index (κ1) is 11.5. The molecular weight excluding hydrogens is 194 g/mol. The molecule has 5 heteroatoms. The SMILES string of the molecule is NCCCNc1ccc(CC(=O)O)nc1. The standard InChI is InChI=1S/C10H15N3O2/c11-4-1-5-12-9-3-2-8(13-7-9)6-10(14)15/h2-3,7,12H,1,4-6,11H2,(H,14,15). The van der Waals surface area contributed by atoms with Crippen LogP contribution < -0.4 is 11.1 Å². The zero-order valence-corrected chi connectivity index (χ0v) is 8.44. The van der Waals surface area contributed by atoms with E-state index < -0.39 is 5.97 Å². The van der Waals surface area contributed by atoms with Crippen molar-refractivity contribution in [1.29, 1.82) is 0 Å². The molecule has 15 heavy (non-hydrogen) atoms. The third-order valence-electron chi connectivity index (χ3n) is 1.87. The molecule has 4 N–H and O–H groups in total. The minimum atomic E-state index is -0.869. The highest BCUT2D eigenvalue weighted by Crippen LogP contribution is 2.06. The summed E-state index contributed by atoms with van der Waals surface area (Å²) < 4.78 is 0. The molecule has 1 aromatic rings. The van der Waals surface area contributed by atoms with Gasteiger partial charge in [0.15, 0.2) is 0 Å². The number of carbonyl (C=O) groups is 1. The number of carboxylic acid groups (broad SMARTS) is 1. The molecule has 0 aliphatic rings. The van der Waals surface area contributed by atoms with Crippen LogP contribution in [0.3, 0.4) is 0 Å². The summed E-state index contributed by atoms with van der Waals surface area (Å²) in [5.74, 6) is -0.869. The van der Waals surface area contributed by atoms with Gasteiger partial charge in [0.2, 0.25) is 0 Å². The molecular formula is C10H15N3O2. The highest BCUT2D eigenvalue weighted by Gasteiger charge is 2.01. The molecule has 0 atom stereocenters. The number of hydrogen-bond acceptors (Lipinski definition) is 4. The average Bonchev–Trinajstić information content (AvgIpc) is 2.20. The van der Waals surface area contributed by atoms with Crippen LogP contribution in [0.25, 0.3) is 0 Å². The second-order valence-electron chi connectivity index (χ2n) is 3.18. The van der Waals surface area contributed by atoms with Crippen LogP contribution in [0.5, 0.6) is 0 Å². The van der Waals surface area contributed by atoms with Crippen LogP contribution >= 0.6 is 0 Å². The highest BCUT2D eigenvalue weighted by molar-refractivity contribution is 5.69. The minimum Gasteiger partial charge on any atom is -0.481 e. The Morgan fingerprint density at radius 3 is 2.87 bits per heavy atom. The molecule has 1 heterocycles. The van der Waals surface area contributed by atoms with Gasteiger partial charge in [-0.05, 0) is 25.1 Å². The number of nitrogens with zero attached hydrogens (tertiary/aromatic N) is 1. The molecule has 0 unspecified atom stereocenters. The van der Waals surface area contributed by atoms with Crippen molar-refractivity contribution in [2.24, 2.45) is 5.73 Å². The molecule has 0 saturated carbocycles. The molecule has 0 aromatic carbocycles. The van der Waals surface area contributed by atoms with Crippen LogP contribution in [0.2, 0.25) is 0 Å². The Morgan fingerprint density at radius 2 is 2.33 bits per heavy atom. The third-order valence-corrected chi connectivity index (χ3v) is 1.87. The summed E-state index contributed by atoms with van der Waals surface area (Å²) >= 11 is 0. The summed E-state index contributed by atoms with van der Waals surface area (Å²) in [5, 5.41) is 11.7. The van der Waals surface area contributed by atoms with Crippen molar-refractivity contribution in [3.8, 4) is 0 Å². The molecule has 0 spiro atoms. The van der Waals surface area contributed by atoms with Gasteiger partial charge in [0.1, 0.15) is 0 Å². The van der Waals surface area contributed by atoms with Gasteiger partial charge in [0.05, 0.1) is 24.0 Å². The zero-order valence-electron chi connectivity index (χ0n) is 8.44. The molecule has 5 nitrogen and oxygen atoms in total. The van der Waals surface area contributed by atoms with Crippen molar-refractivity contribution in [3.63, 3.8) is 0 Å². The van der Waals surface area contributed by atoms with Gasteiger partial charge in [-0.2, -0.15) is 0 Å². The lowest BCUT2D eigenvalue weighted by Gasteiger charge is -2.05. The molecule has 0 aliphatic carbocycles. The number of aromatic nitrogens is 1. The Morgan fingerprint density at radius 1 is 1.53 bits per heavy atom. The largest absolute Gasteiger partial charge is 0.481 e. The van der Waals surface area contributed by atoms with Crippen LogP contribution in [-0.2, 0) is 11.2 Å². The summed E-state index contributed by atoms with van der Waals surface area (Å²) in [7, 11) is 0. The average molecular weight is 209 g/mol. The summed E-state index contributed by atoms with van der Waals surface area (Å²) in [6.07, 6.45) is 2.49. The lowest BCUT2D eigenvalue weighted by molar-refractivity contribution is -0.136. The Balaban J connectivity index is 2.45. The maximum absolute atomic E-state index is 10.4. The molecule has 0 radical (unpaired) electrons. The van der Waals surface area contributed by atoms with Crippen molar-refractivity contribution in [2.45, 2.75) is 12.8 Å². The number of hydrogen-bond donors (Lipinski definition) is 3. The summed E-state index contributed by atoms with van der Waals surface area (Å²) in [6, 6.07) is 3.53. The van der Waals surface area contributed by atoms with Crippen molar-refractivity contribution < 1.29 is 9.90 Å². The van der Waals surface area contributed by atoms with E-state index in [9.17, 15) is 4.79 Å². The predicted molar refractivity (Wildman–Crippen MR) is 57.7 cm³/mol. The minimum absolute atomic E-state index is 0.0386. The van der Waals surface area contributed by atoms with E-state index in [1.165, 1.54) is 0 Å². The lowest BCUT2D eigenvalue weighted by atomic mass is 10.2. The fourth-order valence-corrected chi connectivity index (χ4v) is 1.12. The number of rotatable bonds is 6. The lowest BCUT2D eigenvalue weighted by Crippen LogP contribution is -2.09. The molecule has 0 fully saturated rings. The molecule has 0 saturated heterocycles. The van der Waals surface area contributed by atoms with Gasteiger partial charge >= 0.3 is 5.97 Å². The van der Waals surface area contributed by atoms with Crippen molar-refractivity contribution >= 4 is 11.7 Å². The Kier molecular flexibility index (Phi) is 4.56. The Labute approximate surface area is 88.3 Å². The van der Waals surface area contributed by atoms with Gasteiger partial charge in [0, 0.05) is 6.54 Å². The van der Waals surface area contributed by atoms with Crippen LogP contribution in [0, 0.1) is 0 Å². The fourth-order valence-electron chi connectivity index (χ4n) is 1.12. The number of carboxylic acids is 1. The molecule has 0 amide bonds. The van der Waals surface area contributed by atoms with Crippen LogP contribution in [0.1, 0.15) is 12.1 Å². The normalized spacial score (nSPS) is 9.93. The van der Waals surface area contributed by atoms with Gasteiger partial charge in [-0.3, -0.25) is 9.78 Å². The number of nitrogens with one attached hydrogen (secondary N) is 1. The van der Waals surface area contributed by atoms with E-state index in [0.29, 0.717) is 12.2 Å². The number of pyridine rings is 1. The first-order valence-corrected chi connectivity index (χ1v) is 4.83. The number of nitrogens with two attached hydrogens (primary N) is 1. The van der Waals surface area contributed by atoms with Gasteiger partial charge in [-0.1, -0.05) is 0 Å². The second-order valence-corrected chi connectivity index (χ2v) is 3.18. The number of anilines is 1. The monoisotopic (exact) mass is 209 g/mol. The third kappa shape index (κ3) is 4.42. The number of aliphatic carboxylic acids is 1. The smallest absolute Gasteiger partial charge is 0.309 e. The molecule has 1 rings (SSSR count). The van der Waals surface area contributed by atoms with Crippen molar-refractivity contribution in [2.75, 3.05) is 18.4 Å². The van der Waals surface area contributed by atoms with Gasteiger partial charge in [-0.25, -0.2) is 0 Å². The maximum atomic E-state index is 10.4. The van der Waals surface area contributed by atoms with Gasteiger partial charge in [0.25, 0.3) is 0 Å². The Hall–Kier alpha value is -1.62. The van der Waals surface area contributed by atoms with Crippen LogP contribution in [-0.4, -0.2) is 29.1 Å². The van der Waals surface area contributed by atoms with E-state index in [-0.39, 0.29) is 6.42 Å². The second kappa shape index (κ2) is 5.98. The fraction of sp³-hybridized carbons (Fsp3) is 0.400. The maximum Gasteiger partial charge on any atom is 0.309 e. The first-order chi connectivity index (χ1) is 7.22. The molecule has 0 aliphatic heterocycles. The predicted octanol–water partition coefficient (Wildman–Crippen LogP) is 0.469. The van der Waals surface area contributed by atoms with E-state index in [1.54, 1.807) is 12.3 Å². The molecule has 82 valence electrons. The van der Waals surface area contributed by atoms with Gasteiger partial charge in [-0.15, -0.1) is 0 Å². The first-order valence-electron chi connectivity index (χ1n) is 4.83. The zero-order chi connectivity index (χ0) is 11.1. The van der Waals surface area contributed by atoms with E-state index in [0.717, 1.165) is 18.7 Å². The van der Waals surface area contributed by atoms with Crippen molar-refractivity contribution in [3.05, 3.63) is 24.0 Å².